The third kappa shape index (κ3) is 3.97. The van der Waals surface area contributed by atoms with Crippen LogP contribution in [0.15, 0.2) is 52.3 Å². The number of benzene rings is 2. The summed E-state index contributed by atoms with van der Waals surface area (Å²) in [7, 11) is -3.87. The smallest absolute Gasteiger partial charge is 0.212 e. The molecule has 0 bridgehead atoms. The van der Waals surface area contributed by atoms with Gasteiger partial charge in [0.25, 0.3) is 0 Å². The van der Waals surface area contributed by atoms with E-state index in [1.807, 2.05) is 48.7 Å². The number of fused-ring (bicyclic) bond motifs is 2. The summed E-state index contributed by atoms with van der Waals surface area (Å²) in [4.78, 5) is 9.76. The minimum atomic E-state index is -3.87. The first kappa shape index (κ1) is 22.3. The van der Waals surface area contributed by atoms with Gasteiger partial charge < -0.3 is 10.3 Å². The first-order chi connectivity index (χ1) is 15.3. The molecule has 2 aromatic heterocycles. The third-order valence-corrected chi connectivity index (χ3v) is 7.90. The highest BCUT2D eigenvalue weighted by atomic mass is 32.2. The Labute approximate surface area is 189 Å². The van der Waals surface area contributed by atoms with Gasteiger partial charge in [0.2, 0.25) is 9.84 Å². The van der Waals surface area contributed by atoms with Gasteiger partial charge >= 0.3 is 0 Å². The molecule has 2 aromatic carbocycles. The summed E-state index contributed by atoms with van der Waals surface area (Å²) in [5.41, 5.74) is 10.7. The van der Waals surface area contributed by atoms with Crippen molar-refractivity contribution in [3.63, 3.8) is 0 Å². The van der Waals surface area contributed by atoms with E-state index >= 15 is 0 Å². The lowest BCUT2D eigenvalue weighted by Crippen LogP contribution is -2.09. The van der Waals surface area contributed by atoms with Crippen molar-refractivity contribution in [3.05, 3.63) is 53.6 Å². The number of aromatic nitrogens is 3. The minimum Gasteiger partial charge on any atom is -0.384 e. The Balaban J connectivity index is 1.90. The molecule has 2 heterocycles. The molecule has 0 unspecified atom stereocenters. The van der Waals surface area contributed by atoms with Gasteiger partial charge in [0.1, 0.15) is 16.2 Å². The molecule has 0 radical (unpaired) electrons. The molecular weight excluding hydrogens is 420 g/mol. The second-order valence-electron chi connectivity index (χ2n) is 8.41. The molecule has 0 aliphatic rings. The number of nitrogens with zero attached hydrogens (tertiary/aromatic N) is 3. The highest BCUT2D eigenvalue weighted by Crippen LogP contribution is 2.36. The molecule has 0 amide bonds. The highest BCUT2D eigenvalue weighted by molar-refractivity contribution is 7.92. The molecule has 0 aliphatic heterocycles. The monoisotopic (exact) mass is 450 g/mol. The normalized spacial score (nSPS) is 12.1. The Morgan fingerprint density at radius 3 is 2.28 bits per heavy atom. The van der Waals surface area contributed by atoms with Crippen molar-refractivity contribution in [1.29, 1.82) is 0 Å². The van der Waals surface area contributed by atoms with Crippen molar-refractivity contribution in [1.82, 2.24) is 14.5 Å². The van der Waals surface area contributed by atoms with Gasteiger partial charge in [0.15, 0.2) is 5.65 Å². The summed E-state index contributed by atoms with van der Waals surface area (Å²) in [5, 5.41) is 0. The highest BCUT2D eigenvalue weighted by Gasteiger charge is 2.30. The zero-order valence-electron chi connectivity index (χ0n) is 18.9. The average Bonchev–Trinajstić information content (AvgIpc) is 3.04. The first-order valence-corrected chi connectivity index (χ1v) is 12.7. The number of sulfone groups is 1. The van der Waals surface area contributed by atoms with E-state index in [1.54, 1.807) is 12.1 Å². The molecule has 7 heteroatoms. The lowest BCUT2D eigenvalue weighted by atomic mass is 10.1. The van der Waals surface area contributed by atoms with E-state index in [0.29, 0.717) is 23.2 Å². The fourth-order valence-electron chi connectivity index (χ4n) is 4.05. The molecule has 6 nitrogen and oxygen atoms in total. The number of unbranched alkanes of at least 4 members (excludes halogenated alkanes) is 4. The zero-order chi connectivity index (χ0) is 22.9. The van der Waals surface area contributed by atoms with E-state index < -0.39 is 9.84 Å². The van der Waals surface area contributed by atoms with Crippen molar-refractivity contribution in [3.8, 4) is 0 Å². The minimum absolute atomic E-state index is 0.0579. The predicted molar refractivity (Wildman–Crippen MR) is 130 cm³/mol. The fourth-order valence-corrected chi connectivity index (χ4v) is 5.64. The number of nitrogens with two attached hydrogens (primary N) is 1. The van der Waals surface area contributed by atoms with Gasteiger partial charge in [-0.05, 0) is 55.7 Å². The molecule has 0 fully saturated rings. The topological polar surface area (TPSA) is 90.9 Å². The van der Waals surface area contributed by atoms with Gasteiger partial charge in [-0.25, -0.2) is 18.4 Å². The second-order valence-corrected chi connectivity index (χ2v) is 10.3. The van der Waals surface area contributed by atoms with Crippen LogP contribution < -0.4 is 5.73 Å². The number of hydrogen-bond donors (Lipinski definition) is 1. The lowest BCUT2D eigenvalue weighted by molar-refractivity contribution is 0.576. The Hall–Kier alpha value is -2.93. The van der Waals surface area contributed by atoms with E-state index in [0.717, 1.165) is 35.9 Å². The van der Waals surface area contributed by atoms with Crippen molar-refractivity contribution in [2.24, 2.45) is 0 Å². The van der Waals surface area contributed by atoms with Gasteiger partial charge in [-0.15, -0.1) is 0 Å². The molecule has 0 atom stereocenters. The number of nitrogen functional groups attached to an aromatic ring is 1. The Morgan fingerprint density at radius 2 is 1.59 bits per heavy atom. The van der Waals surface area contributed by atoms with E-state index in [9.17, 15) is 8.42 Å². The number of anilines is 1. The molecule has 168 valence electrons. The van der Waals surface area contributed by atoms with E-state index in [-0.39, 0.29) is 15.6 Å². The van der Waals surface area contributed by atoms with Crippen LogP contribution in [0.3, 0.4) is 0 Å². The van der Waals surface area contributed by atoms with E-state index in [1.165, 1.54) is 12.8 Å². The summed E-state index contributed by atoms with van der Waals surface area (Å²) in [6.07, 6.45) is 5.49. The van der Waals surface area contributed by atoms with Gasteiger partial charge in [0.05, 0.1) is 15.9 Å². The summed E-state index contributed by atoms with van der Waals surface area (Å²) in [6.45, 7) is 6.66. The SMILES string of the molecule is CCCCCCCn1c(N)c(S(=O)(=O)c2ccc(C)c(C)c2)c2nc3ccccc3nc21. The van der Waals surface area contributed by atoms with Crippen molar-refractivity contribution < 1.29 is 8.42 Å². The molecule has 0 aliphatic carbocycles. The molecule has 0 spiro atoms. The largest absolute Gasteiger partial charge is 0.384 e. The van der Waals surface area contributed by atoms with Crippen molar-refractivity contribution in [2.75, 3.05) is 5.73 Å². The predicted octanol–water partition coefficient (Wildman–Crippen LogP) is 5.59. The summed E-state index contributed by atoms with van der Waals surface area (Å²) < 4.78 is 29.3. The maximum absolute atomic E-state index is 13.7. The molecule has 32 heavy (non-hydrogen) atoms. The Kier molecular flexibility index (Phi) is 6.20. The molecule has 4 rings (SSSR count). The number of para-hydroxylation sites is 2. The van der Waals surface area contributed by atoms with Crippen LogP contribution in [0.2, 0.25) is 0 Å². The van der Waals surface area contributed by atoms with Crippen LogP contribution >= 0.6 is 0 Å². The van der Waals surface area contributed by atoms with Crippen LogP contribution in [-0.4, -0.2) is 23.0 Å². The molecule has 0 saturated heterocycles. The van der Waals surface area contributed by atoms with E-state index in [2.05, 4.69) is 6.92 Å². The quantitative estimate of drug-likeness (QED) is 0.354. The maximum atomic E-state index is 13.7. The third-order valence-electron chi connectivity index (χ3n) is 6.09. The maximum Gasteiger partial charge on any atom is 0.212 e. The molecular formula is C25H30N4O2S. The summed E-state index contributed by atoms with van der Waals surface area (Å²) >= 11 is 0. The first-order valence-electron chi connectivity index (χ1n) is 11.2. The fraction of sp³-hybridized carbons (Fsp3) is 0.360. The Morgan fingerprint density at radius 1 is 0.906 bits per heavy atom. The van der Waals surface area contributed by atoms with Gasteiger partial charge in [-0.2, -0.15) is 0 Å². The van der Waals surface area contributed by atoms with Gasteiger partial charge in [-0.3, -0.25) is 0 Å². The summed E-state index contributed by atoms with van der Waals surface area (Å²) in [6, 6.07) is 12.7. The number of hydrogen-bond acceptors (Lipinski definition) is 5. The van der Waals surface area contributed by atoms with Crippen molar-refractivity contribution in [2.45, 2.75) is 69.2 Å². The molecule has 2 N–H and O–H groups in total. The number of rotatable bonds is 8. The second kappa shape index (κ2) is 8.90. The molecule has 4 aromatic rings. The van der Waals surface area contributed by atoms with Crippen LogP contribution in [0, 0.1) is 13.8 Å². The standard InChI is InChI=1S/C25H30N4O2S/c1-4-5-6-7-10-15-29-24(26)23(32(30,31)19-14-13-17(2)18(3)16-19)22-25(29)28-21-12-9-8-11-20(21)27-22/h8-9,11-14,16H,4-7,10,15,26H2,1-3H3. The van der Waals surface area contributed by atoms with E-state index in [4.69, 9.17) is 15.7 Å². The van der Waals surface area contributed by atoms with Crippen LogP contribution in [-0.2, 0) is 16.4 Å². The molecule has 0 saturated carbocycles. The van der Waals surface area contributed by atoms with Gasteiger partial charge in [-0.1, -0.05) is 50.8 Å². The van der Waals surface area contributed by atoms with Crippen LogP contribution in [0.5, 0.6) is 0 Å². The lowest BCUT2D eigenvalue weighted by Gasteiger charge is -2.09. The van der Waals surface area contributed by atoms with Gasteiger partial charge in [0, 0.05) is 6.54 Å². The average molecular weight is 451 g/mol. The van der Waals surface area contributed by atoms with Crippen LogP contribution in [0.25, 0.3) is 22.2 Å². The zero-order valence-corrected chi connectivity index (χ0v) is 19.7. The summed E-state index contributed by atoms with van der Waals surface area (Å²) in [5.74, 6) is 0.212. The number of aryl methyl sites for hydroxylation is 3. The van der Waals surface area contributed by atoms with Crippen molar-refractivity contribution >= 4 is 37.9 Å². The van der Waals surface area contributed by atoms with Crippen LogP contribution in [0.1, 0.15) is 50.2 Å². The Bertz CT molecular complexity index is 1390. The van der Waals surface area contributed by atoms with Crippen LogP contribution in [0.4, 0.5) is 5.82 Å².